The van der Waals surface area contributed by atoms with Crippen molar-refractivity contribution in [2.24, 2.45) is 5.92 Å². The molecule has 0 saturated carbocycles. The van der Waals surface area contributed by atoms with Crippen LogP contribution in [0.1, 0.15) is 49.0 Å². The van der Waals surface area contributed by atoms with Crippen LogP contribution in [0.3, 0.4) is 0 Å². The van der Waals surface area contributed by atoms with Crippen LogP contribution in [0.15, 0.2) is 53.4 Å². The van der Waals surface area contributed by atoms with Gasteiger partial charge in [0, 0.05) is 24.3 Å². The minimum Gasteiger partial charge on any atom is -0.340 e. The van der Waals surface area contributed by atoms with Gasteiger partial charge in [-0.05, 0) is 55.5 Å². The van der Waals surface area contributed by atoms with Crippen LogP contribution in [-0.4, -0.2) is 43.7 Å². The number of rotatable bonds is 7. The van der Waals surface area contributed by atoms with Crippen molar-refractivity contribution < 1.29 is 18.0 Å². The molecule has 3 rings (SSSR count). The third-order valence-electron chi connectivity index (χ3n) is 5.69. The highest BCUT2D eigenvalue weighted by molar-refractivity contribution is 7.89. The monoisotopic (exact) mass is 457 g/mol. The average molecular weight is 458 g/mol. The van der Waals surface area contributed by atoms with Crippen LogP contribution in [0.4, 0.5) is 5.69 Å². The number of sulfonamides is 1. The number of hydrogen-bond acceptors (Lipinski definition) is 4. The molecule has 1 aliphatic rings. The van der Waals surface area contributed by atoms with Crippen molar-refractivity contribution in [2.45, 2.75) is 51.0 Å². The molecule has 0 bridgehead atoms. The Bertz CT molecular complexity index is 1060. The number of benzene rings is 2. The molecule has 2 aromatic rings. The largest absolute Gasteiger partial charge is 0.340 e. The summed E-state index contributed by atoms with van der Waals surface area (Å²) in [6.45, 7) is 6.52. The van der Waals surface area contributed by atoms with E-state index in [1.165, 1.54) is 10.4 Å². The van der Waals surface area contributed by atoms with E-state index in [9.17, 15) is 18.0 Å². The number of anilines is 1. The summed E-state index contributed by atoms with van der Waals surface area (Å²) in [5, 5.41) is 5.62. The minimum absolute atomic E-state index is 0.162. The van der Waals surface area contributed by atoms with E-state index in [1.807, 2.05) is 19.9 Å². The van der Waals surface area contributed by atoms with Crippen LogP contribution < -0.4 is 10.6 Å². The number of amides is 2. The maximum Gasteiger partial charge on any atom is 0.251 e. The van der Waals surface area contributed by atoms with E-state index in [2.05, 4.69) is 10.6 Å². The first-order chi connectivity index (χ1) is 15.2. The molecule has 1 aliphatic heterocycles. The van der Waals surface area contributed by atoms with Gasteiger partial charge in [0.25, 0.3) is 5.91 Å². The van der Waals surface area contributed by atoms with Crippen molar-refractivity contribution in [1.29, 1.82) is 0 Å². The lowest BCUT2D eigenvalue weighted by Gasteiger charge is -2.26. The molecule has 1 atom stereocenters. The number of nitrogens with one attached hydrogen (secondary N) is 2. The molecule has 0 aliphatic carbocycles. The Kier molecular flexibility index (Phi) is 7.69. The summed E-state index contributed by atoms with van der Waals surface area (Å²) in [6.07, 6.45) is 2.74. The van der Waals surface area contributed by atoms with Crippen LogP contribution in [-0.2, 0) is 14.8 Å². The van der Waals surface area contributed by atoms with Crippen LogP contribution >= 0.6 is 0 Å². The molecular weight excluding hydrogens is 426 g/mol. The Morgan fingerprint density at radius 3 is 2.25 bits per heavy atom. The van der Waals surface area contributed by atoms with E-state index in [1.54, 1.807) is 43.3 Å². The Balaban J connectivity index is 1.79. The highest BCUT2D eigenvalue weighted by Gasteiger charge is 2.28. The number of nitrogens with zero attached hydrogens (tertiary/aromatic N) is 1. The molecule has 32 heavy (non-hydrogen) atoms. The average Bonchev–Trinajstić information content (AvgIpc) is 2.79. The molecule has 2 aromatic carbocycles. The van der Waals surface area contributed by atoms with Crippen LogP contribution in [0.2, 0.25) is 0 Å². The van der Waals surface area contributed by atoms with Gasteiger partial charge in [-0.3, -0.25) is 9.59 Å². The molecule has 0 aromatic heterocycles. The van der Waals surface area contributed by atoms with Crippen molar-refractivity contribution in [3.63, 3.8) is 0 Å². The maximum absolute atomic E-state index is 13.1. The zero-order chi connectivity index (χ0) is 23.3. The fraction of sp³-hybridized carbons (Fsp3) is 0.417. The number of piperidine rings is 1. The second-order valence-corrected chi connectivity index (χ2v) is 10.4. The highest BCUT2D eigenvalue weighted by Crippen LogP contribution is 2.25. The van der Waals surface area contributed by atoms with Crippen molar-refractivity contribution in [3.8, 4) is 0 Å². The first-order valence-electron chi connectivity index (χ1n) is 11.0. The van der Waals surface area contributed by atoms with Crippen molar-refractivity contribution in [2.75, 3.05) is 18.4 Å². The summed E-state index contributed by atoms with van der Waals surface area (Å²) >= 11 is 0. The summed E-state index contributed by atoms with van der Waals surface area (Å²) < 4.78 is 27.6. The van der Waals surface area contributed by atoms with E-state index < -0.39 is 16.1 Å². The molecule has 1 heterocycles. The Morgan fingerprint density at radius 1 is 0.969 bits per heavy atom. The summed E-state index contributed by atoms with van der Waals surface area (Å²) in [5.74, 6) is -0.888. The minimum atomic E-state index is -3.62. The lowest BCUT2D eigenvalue weighted by molar-refractivity contribution is -0.118. The molecule has 8 heteroatoms. The number of aryl methyl sites for hydroxylation is 1. The first-order valence-corrected chi connectivity index (χ1v) is 12.4. The van der Waals surface area contributed by atoms with Crippen molar-refractivity contribution in [3.05, 3.63) is 59.7 Å². The van der Waals surface area contributed by atoms with Gasteiger partial charge in [0.05, 0.1) is 4.90 Å². The molecule has 0 spiro atoms. The number of hydrogen-bond donors (Lipinski definition) is 2. The molecule has 7 nitrogen and oxygen atoms in total. The van der Waals surface area contributed by atoms with Gasteiger partial charge in [0.15, 0.2) is 0 Å². The number of carbonyl (C=O) groups excluding carboxylic acids is 2. The quantitative estimate of drug-likeness (QED) is 0.665. The van der Waals surface area contributed by atoms with E-state index in [-0.39, 0.29) is 22.6 Å². The standard InChI is InChI=1S/C24H31N3O4S/c1-17(2)22(26-23(28)19-10-6-4-7-11-19)24(29)25-21-16-20(13-12-18(21)3)32(30,31)27-14-8-5-9-15-27/h4,6-7,10-13,16-17,22H,5,8-9,14-15H2,1-3H3,(H,25,29)(H,26,28). The SMILES string of the molecule is Cc1ccc(S(=O)(=O)N2CCCCC2)cc1NC(=O)C(NC(=O)c1ccccc1)C(C)C. The van der Waals surface area contributed by atoms with Crippen molar-refractivity contribution in [1.82, 2.24) is 9.62 Å². The van der Waals surface area contributed by atoms with Gasteiger partial charge in [0.1, 0.15) is 6.04 Å². The fourth-order valence-corrected chi connectivity index (χ4v) is 5.25. The zero-order valence-corrected chi connectivity index (χ0v) is 19.6. The lowest BCUT2D eigenvalue weighted by Crippen LogP contribution is -2.47. The van der Waals surface area contributed by atoms with Gasteiger partial charge < -0.3 is 10.6 Å². The third kappa shape index (κ3) is 5.55. The molecule has 1 fully saturated rings. The first kappa shape index (κ1) is 23.9. The summed E-state index contributed by atoms with van der Waals surface area (Å²) in [7, 11) is -3.62. The Labute approximate surface area is 190 Å². The topological polar surface area (TPSA) is 95.6 Å². The van der Waals surface area contributed by atoms with Crippen molar-refractivity contribution >= 4 is 27.5 Å². The van der Waals surface area contributed by atoms with E-state index in [4.69, 9.17) is 0 Å². The summed E-state index contributed by atoms with van der Waals surface area (Å²) in [4.78, 5) is 25.8. The van der Waals surface area contributed by atoms with E-state index in [0.29, 0.717) is 24.3 Å². The van der Waals surface area contributed by atoms with Crippen LogP contribution in [0.5, 0.6) is 0 Å². The third-order valence-corrected chi connectivity index (χ3v) is 7.59. The molecule has 172 valence electrons. The second kappa shape index (κ2) is 10.3. The van der Waals surface area contributed by atoms with Gasteiger partial charge >= 0.3 is 0 Å². The second-order valence-electron chi connectivity index (χ2n) is 8.49. The zero-order valence-electron chi connectivity index (χ0n) is 18.8. The van der Waals surface area contributed by atoms with Gasteiger partial charge in [-0.1, -0.05) is 44.5 Å². The Morgan fingerprint density at radius 2 is 1.62 bits per heavy atom. The number of carbonyl (C=O) groups is 2. The molecule has 2 N–H and O–H groups in total. The predicted octanol–water partition coefficient (Wildman–Crippen LogP) is 3.56. The van der Waals surface area contributed by atoms with Crippen LogP contribution in [0, 0.1) is 12.8 Å². The lowest BCUT2D eigenvalue weighted by atomic mass is 10.0. The molecule has 1 unspecified atom stereocenters. The van der Waals surface area contributed by atoms with E-state index in [0.717, 1.165) is 24.8 Å². The molecule has 1 saturated heterocycles. The molecule has 0 radical (unpaired) electrons. The predicted molar refractivity (Wildman–Crippen MR) is 125 cm³/mol. The smallest absolute Gasteiger partial charge is 0.251 e. The summed E-state index contributed by atoms with van der Waals surface area (Å²) in [6, 6.07) is 12.7. The summed E-state index contributed by atoms with van der Waals surface area (Å²) in [5.41, 5.74) is 1.64. The fourth-order valence-electron chi connectivity index (χ4n) is 3.71. The van der Waals surface area contributed by atoms with Gasteiger partial charge in [-0.2, -0.15) is 4.31 Å². The van der Waals surface area contributed by atoms with Crippen LogP contribution in [0.25, 0.3) is 0 Å². The molecule has 2 amide bonds. The van der Waals surface area contributed by atoms with E-state index >= 15 is 0 Å². The van der Waals surface area contributed by atoms with Gasteiger partial charge in [-0.25, -0.2) is 8.42 Å². The normalized spacial score (nSPS) is 15.9. The van der Waals surface area contributed by atoms with Gasteiger partial charge in [0.2, 0.25) is 15.9 Å². The Hall–Kier alpha value is -2.71. The molecular formula is C24H31N3O4S. The van der Waals surface area contributed by atoms with Gasteiger partial charge in [-0.15, -0.1) is 0 Å². The highest BCUT2D eigenvalue weighted by atomic mass is 32.2. The maximum atomic E-state index is 13.1.